The van der Waals surface area contributed by atoms with Crippen molar-refractivity contribution in [2.45, 2.75) is 19.3 Å². The molecule has 0 aromatic heterocycles. The van der Waals surface area contributed by atoms with Gasteiger partial charge in [-0.1, -0.05) is 42.5 Å². The molecular weight excluding hydrogens is 472 g/mol. The number of rotatable bonds is 10. The first-order valence-corrected chi connectivity index (χ1v) is 10.8. The minimum Gasteiger partial charge on any atom is -0.497 e. The fourth-order valence-electron chi connectivity index (χ4n) is 3.19. The Bertz CT molecular complexity index is 1180. The normalized spacial score (nSPS) is 11.7. The lowest BCUT2D eigenvalue weighted by molar-refractivity contribution is -0.131. The first-order valence-electron chi connectivity index (χ1n) is 10.8. The molecule has 0 bridgehead atoms. The van der Waals surface area contributed by atoms with Crippen molar-refractivity contribution in [3.63, 3.8) is 0 Å². The first-order chi connectivity index (χ1) is 17.4. The van der Waals surface area contributed by atoms with Gasteiger partial charge in [-0.2, -0.15) is 0 Å². The molecule has 3 rings (SSSR count). The van der Waals surface area contributed by atoms with E-state index in [4.69, 9.17) is 14.2 Å². The van der Waals surface area contributed by atoms with Crippen LogP contribution in [0.25, 0.3) is 0 Å². The summed E-state index contributed by atoms with van der Waals surface area (Å²) in [6, 6.07) is 18.0. The maximum absolute atomic E-state index is 14.3. The highest BCUT2D eigenvalue weighted by molar-refractivity contribution is 5.83. The fourth-order valence-corrected chi connectivity index (χ4v) is 3.19. The average molecular weight is 497 g/mol. The van der Waals surface area contributed by atoms with Gasteiger partial charge in [0.2, 0.25) is 0 Å². The van der Waals surface area contributed by atoms with Crippen molar-refractivity contribution in [2.24, 2.45) is 4.99 Å². The summed E-state index contributed by atoms with van der Waals surface area (Å²) in [6.07, 6.45) is -0.905. The van der Waals surface area contributed by atoms with E-state index in [0.717, 1.165) is 17.7 Å². The van der Waals surface area contributed by atoms with Crippen LogP contribution in [-0.2, 0) is 27.4 Å². The Labute approximate surface area is 206 Å². The van der Waals surface area contributed by atoms with E-state index in [-0.39, 0.29) is 18.9 Å². The van der Waals surface area contributed by atoms with E-state index in [0.29, 0.717) is 11.3 Å². The minimum absolute atomic E-state index is 0.00830. The zero-order valence-corrected chi connectivity index (χ0v) is 19.7. The summed E-state index contributed by atoms with van der Waals surface area (Å²) in [5, 5.41) is 5.01. The van der Waals surface area contributed by atoms with E-state index in [1.807, 2.05) is 30.3 Å². The second kappa shape index (κ2) is 13.0. The zero-order valence-electron chi connectivity index (χ0n) is 19.7. The van der Waals surface area contributed by atoms with Crippen LogP contribution in [0.5, 0.6) is 5.75 Å². The summed E-state index contributed by atoms with van der Waals surface area (Å²) in [7, 11) is 2.47. The van der Waals surface area contributed by atoms with Gasteiger partial charge in [-0.25, -0.2) is 18.6 Å². The van der Waals surface area contributed by atoms with Crippen LogP contribution < -0.4 is 15.4 Å². The van der Waals surface area contributed by atoms with Crippen LogP contribution in [0.15, 0.2) is 71.7 Å². The molecule has 0 fully saturated rings. The highest BCUT2D eigenvalue weighted by Crippen LogP contribution is 2.28. The Morgan fingerprint density at radius 3 is 2.25 bits per heavy atom. The minimum atomic E-state index is -1.48. The van der Waals surface area contributed by atoms with Crippen LogP contribution in [0.4, 0.5) is 19.3 Å². The molecule has 1 unspecified atom stereocenters. The number of benzene rings is 3. The van der Waals surface area contributed by atoms with Crippen LogP contribution in [0, 0.1) is 11.6 Å². The van der Waals surface area contributed by atoms with Gasteiger partial charge in [0.25, 0.3) is 5.91 Å². The van der Waals surface area contributed by atoms with Gasteiger partial charge in [0.15, 0.2) is 6.10 Å². The molecule has 10 heteroatoms. The molecule has 0 radical (unpaired) electrons. The second-order valence-corrected chi connectivity index (χ2v) is 7.47. The van der Waals surface area contributed by atoms with Crippen molar-refractivity contribution in [3.8, 4) is 5.75 Å². The van der Waals surface area contributed by atoms with Crippen LogP contribution in [0.1, 0.15) is 22.8 Å². The maximum atomic E-state index is 14.3. The number of carbonyl (C=O) groups is 2. The number of hydrogen-bond donors (Lipinski definition) is 2. The summed E-state index contributed by atoms with van der Waals surface area (Å²) >= 11 is 0. The third kappa shape index (κ3) is 7.34. The van der Waals surface area contributed by atoms with Gasteiger partial charge in [0.1, 0.15) is 24.0 Å². The van der Waals surface area contributed by atoms with Crippen LogP contribution >= 0.6 is 0 Å². The van der Waals surface area contributed by atoms with Gasteiger partial charge in [0.05, 0.1) is 24.7 Å². The lowest BCUT2D eigenvalue weighted by Crippen LogP contribution is -2.31. The van der Waals surface area contributed by atoms with Crippen molar-refractivity contribution in [2.75, 3.05) is 14.2 Å². The van der Waals surface area contributed by atoms with Crippen LogP contribution in [0.2, 0.25) is 0 Å². The smallest absolute Gasteiger partial charge is 0.412 e. The van der Waals surface area contributed by atoms with Crippen molar-refractivity contribution in [1.82, 2.24) is 10.6 Å². The van der Waals surface area contributed by atoms with Crippen molar-refractivity contribution in [1.29, 1.82) is 0 Å². The number of methoxy groups -OCH3 is 2. The summed E-state index contributed by atoms with van der Waals surface area (Å²) in [6.45, 7) is 0.231. The third-order valence-corrected chi connectivity index (χ3v) is 5.04. The van der Waals surface area contributed by atoms with Crippen molar-refractivity contribution < 1.29 is 32.6 Å². The lowest BCUT2D eigenvalue weighted by Gasteiger charge is -2.17. The molecule has 3 aromatic rings. The maximum Gasteiger partial charge on any atom is 0.412 e. The average Bonchev–Trinajstić information content (AvgIpc) is 2.89. The molecule has 0 spiro atoms. The standard InChI is InChI=1S/C26H25F2N3O5/c1-34-20-12-21(27)23(22(28)13-20)24(35-2)25(32)29-14-17-8-10-19(11-9-17)30-16-31-26(33)36-15-18-6-4-3-5-7-18/h3-13,16,24H,14-15H2,1-2H3,(H,29,32)(H,30,31,33). The number of carbonyl (C=O) groups excluding carboxylic acids is 2. The SMILES string of the molecule is COc1cc(F)c(C(OC)C(=O)NCc2ccc(N=CNC(=O)OCc3ccccc3)cc2)c(F)c1. The van der Waals surface area contributed by atoms with E-state index in [9.17, 15) is 18.4 Å². The molecule has 188 valence electrons. The second-order valence-electron chi connectivity index (χ2n) is 7.47. The molecule has 3 aromatic carbocycles. The van der Waals surface area contributed by atoms with E-state index in [1.54, 1.807) is 24.3 Å². The number of hydrogen-bond acceptors (Lipinski definition) is 6. The molecule has 0 aliphatic carbocycles. The van der Waals surface area contributed by atoms with Crippen molar-refractivity contribution >= 4 is 24.0 Å². The van der Waals surface area contributed by atoms with Gasteiger partial charge in [0, 0.05) is 25.8 Å². The van der Waals surface area contributed by atoms with Gasteiger partial charge in [-0.3, -0.25) is 10.1 Å². The van der Waals surface area contributed by atoms with E-state index >= 15 is 0 Å². The van der Waals surface area contributed by atoms with Gasteiger partial charge < -0.3 is 19.5 Å². The molecule has 2 amide bonds. The number of halogens is 2. The molecule has 8 nitrogen and oxygen atoms in total. The molecule has 36 heavy (non-hydrogen) atoms. The molecule has 0 heterocycles. The summed E-state index contributed by atoms with van der Waals surface area (Å²) in [5.74, 6) is -2.62. The Balaban J connectivity index is 1.50. The quantitative estimate of drug-likeness (QED) is 0.316. The molecule has 0 saturated heterocycles. The number of amides is 2. The predicted molar refractivity (Wildman–Crippen MR) is 129 cm³/mol. The van der Waals surface area contributed by atoms with Gasteiger partial charge in [-0.15, -0.1) is 0 Å². The molecule has 0 saturated carbocycles. The summed E-state index contributed by atoms with van der Waals surface area (Å²) in [5.41, 5.74) is 1.62. The monoisotopic (exact) mass is 497 g/mol. The Kier molecular flexibility index (Phi) is 9.47. The third-order valence-electron chi connectivity index (χ3n) is 5.04. The molecule has 1 atom stereocenters. The van der Waals surface area contributed by atoms with Crippen LogP contribution in [0.3, 0.4) is 0 Å². The Morgan fingerprint density at radius 1 is 0.972 bits per heavy atom. The molecule has 2 N–H and O–H groups in total. The highest BCUT2D eigenvalue weighted by Gasteiger charge is 2.27. The largest absolute Gasteiger partial charge is 0.497 e. The van der Waals surface area contributed by atoms with Gasteiger partial charge >= 0.3 is 6.09 Å². The number of nitrogens with one attached hydrogen (secondary N) is 2. The molecule has 0 aliphatic heterocycles. The predicted octanol–water partition coefficient (Wildman–Crippen LogP) is 4.56. The Morgan fingerprint density at radius 2 is 1.64 bits per heavy atom. The highest BCUT2D eigenvalue weighted by atomic mass is 19.1. The summed E-state index contributed by atoms with van der Waals surface area (Å²) in [4.78, 5) is 28.4. The summed E-state index contributed by atoms with van der Waals surface area (Å²) < 4.78 is 43.7. The fraction of sp³-hybridized carbons (Fsp3) is 0.192. The number of alkyl carbamates (subject to hydrolysis) is 1. The Hall–Kier alpha value is -4.31. The lowest BCUT2D eigenvalue weighted by atomic mass is 10.1. The van der Waals surface area contributed by atoms with Gasteiger partial charge in [-0.05, 0) is 23.3 Å². The van der Waals surface area contributed by atoms with Crippen molar-refractivity contribution in [3.05, 3.63) is 95.1 Å². The topological polar surface area (TPSA) is 98.3 Å². The van der Waals surface area contributed by atoms with E-state index in [2.05, 4.69) is 15.6 Å². The molecule has 0 aliphatic rings. The van der Waals surface area contributed by atoms with Crippen LogP contribution in [-0.4, -0.2) is 32.6 Å². The zero-order chi connectivity index (χ0) is 25.9. The number of ether oxygens (including phenoxy) is 3. The molecular formula is C26H25F2N3O5. The number of nitrogens with zero attached hydrogens (tertiary/aromatic N) is 1. The number of aliphatic imine (C=N–C) groups is 1. The first kappa shape index (κ1) is 26.3. The van der Waals surface area contributed by atoms with E-state index in [1.165, 1.54) is 20.6 Å². The van der Waals surface area contributed by atoms with E-state index < -0.39 is 35.3 Å².